The van der Waals surface area contributed by atoms with E-state index in [4.69, 9.17) is 9.26 Å². The Morgan fingerprint density at radius 1 is 0.963 bits per heavy atom. The number of para-hydroxylation sites is 1. The molecule has 0 bridgehead atoms. The average molecular weight is 354 g/mol. The Morgan fingerprint density at radius 3 is 2.48 bits per heavy atom. The van der Waals surface area contributed by atoms with Crippen LogP contribution in [0.15, 0.2) is 65.2 Å². The number of carbonyl (C=O) groups excluding carboxylic acids is 1. The summed E-state index contributed by atoms with van der Waals surface area (Å²) in [5.74, 6) is 1.97. The molecule has 1 aromatic heterocycles. The monoisotopic (exact) mass is 354 g/mol. The fourth-order valence-corrected chi connectivity index (χ4v) is 3.74. The van der Waals surface area contributed by atoms with Gasteiger partial charge in [0.2, 0.25) is 0 Å². The van der Waals surface area contributed by atoms with Crippen molar-refractivity contribution in [3.05, 3.63) is 71.8 Å². The summed E-state index contributed by atoms with van der Waals surface area (Å²) in [6, 6.07) is 19.0. The molecule has 0 N–H and O–H groups in total. The largest absolute Gasteiger partial charge is 0.455 e. The van der Waals surface area contributed by atoms with Crippen LogP contribution in [0.3, 0.4) is 0 Å². The van der Waals surface area contributed by atoms with Gasteiger partial charge in [-0.1, -0.05) is 47.6 Å². The summed E-state index contributed by atoms with van der Waals surface area (Å²) in [5.41, 5.74) is 3.57. The second-order valence-corrected chi connectivity index (χ2v) is 6.78. The number of aromatic nitrogens is 1. The molecular formula is C22H14N2O3. The highest BCUT2D eigenvalue weighted by Gasteiger charge is 2.36. The van der Waals surface area contributed by atoms with Crippen LogP contribution in [-0.4, -0.2) is 24.0 Å². The lowest BCUT2D eigenvalue weighted by molar-refractivity contribution is 0.104. The third-order valence-electron chi connectivity index (χ3n) is 5.10. The molecule has 1 saturated heterocycles. The minimum absolute atomic E-state index is 0.0134. The Hall–Kier alpha value is -3.60. The van der Waals surface area contributed by atoms with Crippen LogP contribution in [0, 0.1) is 0 Å². The lowest BCUT2D eigenvalue weighted by atomic mass is 9.86. The number of hydrogen-bond donors (Lipinski definition) is 0. The summed E-state index contributed by atoms with van der Waals surface area (Å²) in [4.78, 5) is 15.4. The van der Waals surface area contributed by atoms with Gasteiger partial charge in [0.15, 0.2) is 22.8 Å². The number of hydrogen-bond acceptors (Lipinski definition) is 5. The van der Waals surface area contributed by atoms with Crippen molar-refractivity contribution in [3.8, 4) is 22.8 Å². The van der Waals surface area contributed by atoms with E-state index in [9.17, 15) is 4.79 Å². The van der Waals surface area contributed by atoms with E-state index in [0.717, 1.165) is 35.5 Å². The van der Waals surface area contributed by atoms with E-state index in [2.05, 4.69) is 10.1 Å². The molecule has 3 aromatic carbocycles. The van der Waals surface area contributed by atoms with Gasteiger partial charge in [-0.05, 0) is 12.1 Å². The van der Waals surface area contributed by atoms with Gasteiger partial charge in [-0.3, -0.25) is 4.79 Å². The zero-order valence-electron chi connectivity index (χ0n) is 14.3. The van der Waals surface area contributed by atoms with Gasteiger partial charge in [-0.2, -0.15) is 0 Å². The minimum atomic E-state index is 0.0134. The van der Waals surface area contributed by atoms with Crippen molar-refractivity contribution >= 4 is 22.4 Å². The van der Waals surface area contributed by atoms with Crippen LogP contribution in [0.2, 0.25) is 0 Å². The van der Waals surface area contributed by atoms with Crippen LogP contribution in [0.4, 0.5) is 5.69 Å². The number of anilines is 1. The first-order valence-corrected chi connectivity index (χ1v) is 8.89. The summed E-state index contributed by atoms with van der Waals surface area (Å²) in [6.07, 6.45) is 0. The molecule has 6 rings (SSSR count). The Morgan fingerprint density at radius 2 is 1.70 bits per heavy atom. The second kappa shape index (κ2) is 5.20. The number of carbonyl (C=O) groups is 1. The molecule has 2 heterocycles. The molecule has 0 radical (unpaired) electrons. The van der Waals surface area contributed by atoms with Crippen molar-refractivity contribution in [1.82, 2.24) is 5.16 Å². The fourth-order valence-electron chi connectivity index (χ4n) is 3.74. The van der Waals surface area contributed by atoms with E-state index in [1.54, 1.807) is 0 Å². The van der Waals surface area contributed by atoms with Crippen molar-refractivity contribution in [3.63, 3.8) is 0 Å². The first-order chi connectivity index (χ1) is 13.3. The van der Waals surface area contributed by atoms with Gasteiger partial charge in [-0.15, -0.1) is 0 Å². The maximum absolute atomic E-state index is 13.3. The van der Waals surface area contributed by atoms with E-state index in [0.29, 0.717) is 28.2 Å². The molecule has 0 unspecified atom stereocenters. The molecule has 2 aliphatic rings. The van der Waals surface area contributed by atoms with E-state index in [1.807, 2.05) is 60.7 Å². The number of ketones is 1. The van der Waals surface area contributed by atoms with E-state index in [-0.39, 0.29) is 5.78 Å². The molecule has 1 aliphatic heterocycles. The molecule has 0 atom stereocenters. The van der Waals surface area contributed by atoms with Crippen LogP contribution in [0.1, 0.15) is 15.9 Å². The van der Waals surface area contributed by atoms with E-state index >= 15 is 0 Å². The van der Waals surface area contributed by atoms with Crippen molar-refractivity contribution in [2.24, 2.45) is 0 Å². The minimum Gasteiger partial charge on any atom is -0.455 e. The van der Waals surface area contributed by atoms with Crippen LogP contribution < -0.4 is 9.64 Å². The van der Waals surface area contributed by atoms with Crippen molar-refractivity contribution in [2.45, 2.75) is 0 Å². The lowest BCUT2D eigenvalue weighted by Crippen LogP contribution is -2.12. The Balaban J connectivity index is 1.66. The smallest absolute Gasteiger partial charge is 0.196 e. The molecule has 0 saturated carbocycles. The maximum atomic E-state index is 13.3. The molecule has 0 spiro atoms. The number of nitrogens with zero attached hydrogens (tertiary/aromatic N) is 2. The summed E-state index contributed by atoms with van der Waals surface area (Å²) >= 11 is 0. The predicted octanol–water partition coefficient (Wildman–Crippen LogP) is 4.65. The van der Waals surface area contributed by atoms with Crippen molar-refractivity contribution in [1.29, 1.82) is 0 Å². The van der Waals surface area contributed by atoms with Gasteiger partial charge in [0.1, 0.15) is 5.75 Å². The predicted molar refractivity (Wildman–Crippen MR) is 102 cm³/mol. The number of ether oxygens (including phenoxy) is 1. The van der Waals surface area contributed by atoms with Crippen molar-refractivity contribution < 1.29 is 14.1 Å². The highest BCUT2D eigenvalue weighted by Crippen LogP contribution is 2.48. The molecule has 1 aliphatic carbocycles. The van der Waals surface area contributed by atoms with Crippen LogP contribution >= 0.6 is 0 Å². The summed E-state index contributed by atoms with van der Waals surface area (Å²) < 4.78 is 11.8. The molecule has 1 fully saturated rings. The van der Waals surface area contributed by atoms with Crippen molar-refractivity contribution in [2.75, 3.05) is 18.0 Å². The Kier molecular flexibility index (Phi) is 2.81. The zero-order chi connectivity index (χ0) is 18.0. The lowest BCUT2D eigenvalue weighted by Gasteiger charge is -2.19. The van der Waals surface area contributed by atoms with Crippen LogP contribution in [-0.2, 0) is 0 Å². The Labute approximate surface area is 154 Å². The number of benzene rings is 3. The zero-order valence-corrected chi connectivity index (χ0v) is 14.3. The molecule has 5 nitrogen and oxygen atoms in total. The first kappa shape index (κ1) is 14.6. The van der Waals surface area contributed by atoms with Gasteiger partial charge in [-0.25, -0.2) is 0 Å². The molecule has 0 amide bonds. The Bertz CT molecular complexity index is 1220. The van der Waals surface area contributed by atoms with E-state index in [1.165, 1.54) is 0 Å². The third-order valence-corrected chi connectivity index (χ3v) is 5.10. The summed E-state index contributed by atoms with van der Waals surface area (Å²) in [6.45, 7) is 1.86. The summed E-state index contributed by atoms with van der Waals surface area (Å²) in [5, 5.41) is 5.01. The molecule has 130 valence electrons. The van der Waals surface area contributed by atoms with Crippen LogP contribution in [0.5, 0.6) is 11.5 Å². The van der Waals surface area contributed by atoms with Crippen LogP contribution in [0.25, 0.3) is 22.2 Å². The average Bonchev–Trinajstić information content (AvgIpc) is 3.46. The quantitative estimate of drug-likeness (QED) is 0.441. The van der Waals surface area contributed by atoms with Gasteiger partial charge in [0.05, 0.1) is 16.6 Å². The highest BCUT2D eigenvalue weighted by atomic mass is 16.5. The van der Waals surface area contributed by atoms with Gasteiger partial charge in [0, 0.05) is 30.3 Å². The SMILES string of the molecule is O=C1c2ccccc2-c2onc3c(Oc4ccccc4)cc(N4CC4)c1c23. The topological polar surface area (TPSA) is 55.3 Å². The number of rotatable bonds is 3. The van der Waals surface area contributed by atoms with Gasteiger partial charge >= 0.3 is 0 Å². The highest BCUT2D eigenvalue weighted by molar-refractivity contribution is 6.28. The number of fused-ring (bicyclic) bond motifs is 2. The standard InChI is InChI=1S/C22H14N2O3/c25-21-14-8-4-5-9-15(14)22-19-18(21)16(24-10-11-24)12-17(20(19)23-27-22)26-13-6-2-1-3-7-13/h1-9,12H,10-11H2. The maximum Gasteiger partial charge on any atom is 0.196 e. The van der Waals surface area contributed by atoms with E-state index < -0.39 is 0 Å². The molecular weight excluding hydrogens is 340 g/mol. The first-order valence-electron chi connectivity index (χ1n) is 8.89. The molecule has 27 heavy (non-hydrogen) atoms. The molecule has 4 aromatic rings. The summed E-state index contributed by atoms with van der Waals surface area (Å²) in [7, 11) is 0. The molecule has 5 heteroatoms. The third kappa shape index (κ3) is 2.05. The fraction of sp³-hybridized carbons (Fsp3) is 0.0909. The second-order valence-electron chi connectivity index (χ2n) is 6.78. The van der Waals surface area contributed by atoms with Gasteiger partial charge < -0.3 is 14.2 Å². The van der Waals surface area contributed by atoms with Gasteiger partial charge in [0.25, 0.3) is 0 Å². The normalized spacial score (nSPS) is 14.4.